The zero-order valence-corrected chi connectivity index (χ0v) is 9.12. The van der Waals surface area contributed by atoms with Crippen LogP contribution in [0.4, 0.5) is 0 Å². The van der Waals surface area contributed by atoms with Gasteiger partial charge in [-0.3, -0.25) is 0 Å². The SMILES string of the molecule is [CH2]CCCCCCCCCC(O)[CH]O. The van der Waals surface area contributed by atoms with E-state index in [4.69, 9.17) is 10.2 Å². The van der Waals surface area contributed by atoms with Crippen molar-refractivity contribution in [3.05, 3.63) is 13.5 Å². The van der Waals surface area contributed by atoms with Gasteiger partial charge in [0, 0.05) is 0 Å². The van der Waals surface area contributed by atoms with E-state index in [9.17, 15) is 0 Å². The van der Waals surface area contributed by atoms with Gasteiger partial charge in [-0.25, -0.2) is 0 Å². The van der Waals surface area contributed by atoms with Crippen molar-refractivity contribution >= 4 is 0 Å². The van der Waals surface area contributed by atoms with E-state index in [0.29, 0.717) is 6.42 Å². The van der Waals surface area contributed by atoms with Gasteiger partial charge in [0.05, 0.1) is 6.10 Å². The van der Waals surface area contributed by atoms with Crippen LogP contribution in [-0.2, 0) is 0 Å². The minimum absolute atomic E-state index is 0.624. The Labute approximate surface area is 88.3 Å². The van der Waals surface area contributed by atoms with Crippen LogP contribution in [0.15, 0.2) is 0 Å². The number of rotatable bonds is 10. The van der Waals surface area contributed by atoms with E-state index in [2.05, 4.69) is 6.92 Å². The molecule has 2 heteroatoms. The summed E-state index contributed by atoms with van der Waals surface area (Å²) >= 11 is 0. The summed E-state index contributed by atoms with van der Waals surface area (Å²) in [5.74, 6) is 0. The van der Waals surface area contributed by atoms with E-state index < -0.39 is 6.10 Å². The van der Waals surface area contributed by atoms with Crippen molar-refractivity contribution < 1.29 is 10.2 Å². The van der Waals surface area contributed by atoms with E-state index >= 15 is 0 Å². The maximum atomic E-state index is 9.02. The van der Waals surface area contributed by atoms with Gasteiger partial charge >= 0.3 is 0 Å². The first kappa shape index (κ1) is 13.9. The Morgan fingerprint density at radius 3 is 1.93 bits per heavy atom. The average Bonchev–Trinajstić information content (AvgIpc) is 2.21. The van der Waals surface area contributed by atoms with Crippen LogP contribution < -0.4 is 0 Å². The normalized spacial score (nSPS) is 13.1. The summed E-state index contributed by atoms with van der Waals surface area (Å²) in [5.41, 5.74) is 0. The van der Waals surface area contributed by atoms with Crippen LogP contribution >= 0.6 is 0 Å². The highest BCUT2D eigenvalue weighted by atomic mass is 16.3. The lowest BCUT2D eigenvalue weighted by molar-refractivity contribution is 0.133. The van der Waals surface area contributed by atoms with Crippen molar-refractivity contribution in [3.63, 3.8) is 0 Å². The number of hydrogen-bond donors (Lipinski definition) is 2. The molecule has 0 amide bonds. The van der Waals surface area contributed by atoms with Crippen LogP contribution in [0.1, 0.15) is 57.8 Å². The Balaban J connectivity index is 2.92. The van der Waals surface area contributed by atoms with Crippen LogP contribution in [0, 0.1) is 13.5 Å². The fourth-order valence-electron chi connectivity index (χ4n) is 1.49. The monoisotopic (exact) mass is 200 g/mol. The van der Waals surface area contributed by atoms with E-state index in [1.54, 1.807) is 0 Å². The molecular formula is C12H24O2. The van der Waals surface area contributed by atoms with Gasteiger partial charge in [-0.15, -0.1) is 0 Å². The zero-order chi connectivity index (χ0) is 10.6. The molecular weight excluding hydrogens is 176 g/mol. The number of hydrogen-bond acceptors (Lipinski definition) is 2. The summed E-state index contributed by atoms with van der Waals surface area (Å²) < 4.78 is 0. The van der Waals surface area contributed by atoms with Crippen LogP contribution in [0.3, 0.4) is 0 Å². The molecule has 0 aliphatic heterocycles. The molecule has 2 N–H and O–H groups in total. The standard InChI is InChI=1S/C12H24O2/c1-2-3-4-5-6-7-8-9-10-12(14)11-13/h11-14H,1-10H2. The smallest absolute Gasteiger partial charge is 0.108 e. The number of unbranched alkanes of at least 4 members (excludes halogenated alkanes) is 7. The van der Waals surface area contributed by atoms with Gasteiger partial charge < -0.3 is 10.2 Å². The second kappa shape index (κ2) is 11.0. The lowest BCUT2D eigenvalue weighted by Gasteiger charge is -2.05. The summed E-state index contributed by atoms with van der Waals surface area (Å²) in [6.07, 6.45) is 9.69. The average molecular weight is 200 g/mol. The van der Waals surface area contributed by atoms with Crippen molar-refractivity contribution in [1.29, 1.82) is 0 Å². The predicted molar refractivity (Wildman–Crippen MR) is 59.2 cm³/mol. The Hall–Kier alpha value is -0.0800. The molecule has 1 atom stereocenters. The van der Waals surface area contributed by atoms with Crippen molar-refractivity contribution in [2.24, 2.45) is 0 Å². The second-order valence-electron chi connectivity index (χ2n) is 3.83. The van der Waals surface area contributed by atoms with Crippen LogP contribution in [-0.4, -0.2) is 16.3 Å². The van der Waals surface area contributed by atoms with Crippen LogP contribution in [0.2, 0.25) is 0 Å². The summed E-state index contributed by atoms with van der Waals surface area (Å²) in [6.45, 7) is 4.68. The highest BCUT2D eigenvalue weighted by Crippen LogP contribution is 2.10. The molecule has 0 aliphatic carbocycles. The Morgan fingerprint density at radius 2 is 1.43 bits per heavy atom. The summed E-state index contributed by atoms with van der Waals surface area (Å²) in [4.78, 5) is 0. The molecule has 0 fully saturated rings. The molecule has 14 heavy (non-hydrogen) atoms. The van der Waals surface area contributed by atoms with Crippen LogP contribution in [0.25, 0.3) is 0 Å². The molecule has 0 aromatic heterocycles. The quantitative estimate of drug-likeness (QED) is 0.531. The lowest BCUT2D eigenvalue weighted by Crippen LogP contribution is -2.05. The minimum Gasteiger partial charge on any atom is -0.390 e. The number of aliphatic hydroxyl groups is 2. The molecule has 0 saturated carbocycles. The topological polar surface area (TPSA) is 40.5 Å². The van der Waals surface area contributed by atoms with Crippen molar-refractivity contribution in [1.82, 2.24) is 0 Å². The maximum absolute atomic E-state index is 9.02. The third-order valence-corrected chi connectivity index (χ3v) is 2.42. The van der Waals surface area contributed by atoms with Gasteiger partial charge in [0.15, 0.2) is 0 Å². The zero-order valence-electron chi connectivity index (χ0n) is 9.12. The fourth-order valence-corrected chi connectivity index (χ4v) is 1.49. The molecule has 1 unspecified atom stereocenters. The van der Waals surface area contributed by atoms with E-state index in [1.165, 1.54) is 32.1 Å². The van der Waals surface area contributed by atoms with Crippen LogP contribution in [0.5, 0.6) is 0 Å². The summed E-state index contributed by atoms with van der Waals surface area (Å²) in [6, 6.07) is 0. The Kier molecular flexibility index (Phi) is 10.9. The molecule has 0 spiro atoms. The highest BCUT2D eigenvalue weighted by molar-refractivity contribution is 4.62. The summed E-state index contributed by atoms with van der Waals surface area (Å²) in [7, 11) is 0. The Morgan fingerprint density at radius 1 is 0.929 bits per heavy atom. The molecule has 0 bridgehead atoms. The first-order chi connectivity index (χ1) is 6.81. The van der Waals surface area contributed by atoms with Gasteiger partial charge in [-0.05, 0) is 6.42 Å². The third-order valence-electron chi connectivity index (χ3n) is 2.42. The molecule has 0 saturated heterocycles. The van der Waals surface area contributed by atoms with E-state index in [1.807, 2.05) is 0 Å². The second-order valence-corrected chi connectivity index (χ2v) is 3.83. The van der Waals surface area contributed by atoms with E-state index in [-0.39, 0.29) is 0 Å². The Bertz CT molecular complexity index is 104. The molecule has 0 aliphatic rings. The molecule has 84 valence electrons. The molecule has 0 rings (SSSR count). The number of aliphatic hydroxyl groups excluding tert-OH is 2. The first-order valence-corrected chi connectivity index (χ1v) is 5.76. The third kappa shape index (κ3) is 10.0. The fraction of sp³-hybridized carbons (Fsp3) is 0.833. The largest absolute Gasteiger partial charge is 0.390 e. The summed E-state index contributed by atoms with van der Waals surface area (Å²) in [5, 5.41) is 17.5. The van der Waals surface area contributed by atoms with Gasteiger partial charge in [-0.1, -0.05) is 58.3 Å². The van der Waals surface area contributed by atoms with Gasteiger partial charge in [0.2, 0.25) is 0 Å². The first-order valence-electron chi connectivity index (χ1n) is 5.76. The lowest BCUT2D eigenvalue weighted by atomic mass is 10.1. The highest BCUT2D eigenvalue weighted by Gasteiger charge is 2.00. The van der Waals surface area contributed by atoms with Gasteiger partial charge in [0.1, 0.15) is 6.61 Å². The molecule has 0 aromatic rings. The van der Waals surface area contributed by atoms with E-state index in [0.717, 1.165) is 25.9 Å². The molecule has 2 radical (unpaired) electrons. The van der Waals surface area contributed by atoms with Crippen molar-refractivity contribution in [3.8, 4) is 0 Å². The minimum atomic E-state index is -0.624. The molecule has 0 aromatic carbocycles. The van der Waals surface area contributed by atoms with Gasteiger partial charge in [-0.2, -0.15) is 0 Å². The molecule has 0 heterocycles. The maximum Gasteiger partial charge on any atom is 0.108 e. The van der Waals surface area contributed by atoms with Crippen molar-refractivity contribution in [2.45, 2.75) is 63.9 Å². The van der Waals surface area contributed by atoms with Crippen molar-refractivity contribution in [2.75, 3.05) is 0 Å². The predicted octanol–water partition coefficient (Wildman–Crippen LogP) is 3.23. The molecule has 2 nitrogen and oxygen atoms in total. The van der Waals surface area contributed by atoms with Gasteiger partial charge in [0.25, 0.3) is 0 Å².